The van der Waals surface area contributed by atoms with E-state index < -0.39 is 12.1 Å². The lowest BCUT2D eigenvalue weighted by atomic mass is 10.4. The zero-order valence-electron chi connectivity index (χ0n) is 15.7. The van der Waals surface area contributed by atoms with E-state index in [2.05, 4.69) is 32.6 Å². The average Bonchev–Trinajstić information content (AvgIpc) is 3.08. The third-order valence-corrected chi connectivity index (χ3v) is 4.47. The summed E-state index contributed by atoms with van der Waals surface area (Å²) >= 11 is 1.67. The molecular formula is C15H21F3N6O3S. The Morgan fingerprint density at radius 3 is 2.29 bits per heavy atom. The van der Waals surface area contributed by atoms with Gasteiger partial charge in [-0.3, -0.25) is 10.00 Å². The number of aliphatic carboxylic acids is 1. The molecule has 2 aromatic heterocycles. The standard InChI is InChI=1S/C13H20N6OS.C2HF3O2/c1-5-10-16-12(18-19(10)4)17-13(20)14-7-6-11-15-8(2)9(3)21-11;3-2(4,5)1(6)7/h5-7H2,1-4H3,(H2,14,17,18,20);(H,6,7). The fourth-order valence-electron chi connectivity index (χ4n) is 1.85. The molecule has 2 heterocycles. The first-order valence-electron chi connectivity index (χ1n) is 8.11. The quantitative estimate of drug-likeness (QED) is 0.680. The van der Waals surface area contributed by atoms with Crippen molar-refractivity contribution in [2.75, 3.05) is 11.9 Å². The van der Waals surface area contributed by atoms with E-state index in [9.17, 15) is 18.0 Å². The van der Waals surface area contributed by atoms with Gasteiger partial charge in [-0.2, -0.15) is 18.2 Å². The second kappa shape index (κ2) is 10.0. The SMILES string of the molecule is CCc1nc(NC(=O)NCCc2nc(C)c(C)s2)nn1C.O=C(O)C(F)(F)F. The highest BCUT2D eigenvalue weighted by Gasteiger charge is 2.38. The lowest BCUT2D eigenvalue weighted by molar-refractivity contribution is -0.192. The van der Waals surface area contributed by atoms with Crippen molar-refractivity contribution in [1.29, 1.82) is 0 Å². The number of carbonyl (C=O) groups excluding carboxylic acids is 1. The predicted molar refractivity (Wildman–Crippen MR) is 96.4 cm³/mol. The summed E-state index contributed by atoms with van der Waals surface area (Å²) in [4.78, 5) is 30.5. The van der Waals surface area contributed by atoms with Crippen LogP contribution in [0.2, 0.25) is 0 Å². The highest BCUT2D eigenvalue weighted by Crippen LogP contribution is 2.16. The zero-order valence-corrected chi connectivity index (χ0v) is 16.5. The second-order valence-corrected chi connectivity index (χ2v) is 6.80. The van der Waals surface area contributed by atoms with Crippen molar-refractivity contribution in [3.63, 3.8) is 0 Å². The first-order chi connectivity index (χ1) is 12.9. The number of aromatic nitrogens is 4. The van der Waals surface area contributed by atoms with Crippen LogP contribution < -0.4 is 10.6 Å². The summed E-state index contributed by atoms with van der Waals surface area (Å²) in [7, 11) is 1.81. The molecule has 13 heteroatoms. The number of nitrogens with one attached hydrogen (secondary N) is 2. The van der Waals surface area contributed by atoms with Crippen LogP contribution in [0.1, 0.15) is 28.3 Å². The summed E-state index contributed by atoms with van der Waals surface area (Å²) < 4.78 is 33.4. The van der Waals surface area contributed by atoms with Crippen LogP contribution in [0.4, 0.5) is 23.9 Å². The molecule has 2 amide bonds. The number of amides is 2. The average molecular weight is 422 g/mol. The van der Waals surface area contributed by atoms with Crippen molar-refractivity contribution < 1.29 is 27.9 Å². The summed E-state index contributed by atoms with van der Waals surface area (Å²) in [5.41, 5.74) is 1.06. The van der Waals surface area contributed by atoms with Crippen molar-refractivity contribution in [3.8, 4) is 0 Å². The van der Waals surface area contributed by atoms with Gasteiger partial charge in [-0.15, -0.1) is 16.4 Å². The van der Waals surface area contributed by atoms with Gasteiger partial charge in [-0.05, 0) is 13.8 Å². The number of carboxylic acids is 1. The van der Waals surface area contributed by atoms with Gasteiger partial charge in [0.05, 0.1) is 10.7 Å². The smallest absolute Gasteiger partial charge is 0.475 e. The molecule has 0 fully saturated rings. The second-order valence-electron chi connectivity index (χ2n) is 5.51. The molecule has 9 nitrogen and oxygen atoms in total. The minimum Gasteiger partial charge on any atom is -0.475 e. The number of anilines is 1. The molecule has 0 aliphatic heterocycles. The Hall–Kier alpha value is -2.70. The van der Waals surface area contributed by atoms with E-state index in [-0.39, 0.29) is 6.03 Å². The van der Waals surface area contributed by atoms with Gasteiger partial charge in [0, 0.05) is 31.3 Å². The maximum absolute atomic E-state index is 11.8. The van der Waals surface area contributed by atoms with Gasteiger partial charge in [0.2, 0.25) is 5.95 Å². The number of carboxylic acid groups (broad SMARTS) is 1. The molecular weight excluding hydrogens is 401 g/mol. The summed E-state index contributed by atoms with van der Waals surface area (Å²) in [5.74, 6) is -1.60. The molecule has 0 saturated heterocycles. The Bertz CT molecular complexity index is 799. The van der Waals surface area contributed by atoms with Crippen LogP contribution in [0.5, 0.6) is 0 Å². The van der Waals surface area contributed by atoms with E-state index in [1.54, 1.807) is 16.0 Å². The van der Waals surface area contributed by atoms with Crippen LogP contribution >= 0.6 is 11.3 Å². The Kier molecular flexibility index (Phi) is 8.35. The number of hydrogen-bond acceptors (Lipinski definition) is 6. The summed E-state index contributed by atoms with van der Waals surface area (Å²) in [6.45, 7) is 6.57. The van der Waals surface area contributed by atoms with Crippen LogP contribution in [0.25, 0.3) is 0 Å². The van der Waals surface area contributed by atoms with Crippen molar-refractivity contribution in [2.45, 2.75) is 39.8 Å². The minimum absolute atomic E-state index is 0.298. The van der Waals surface area contributed by atoms with Gasteiger partial charge < -0.3 is 10.4 Å². The van der Waals surface area contributed by atoms with Gasteiger partial charge >= 0.3 is 18.2 Å². The largest absolute Gasteiger partial charge is 0.490 e. The van der Waals surface area contributed by atoms with Crippen LogP contribution in [0.15, 0.2) is 0 Å². The highest BCUT2D eigenvalue weighted by molar-refractivity contribution is 7.11. The van der Waals surface area contributed by atoms with E-state index in [0.29, 0.717) is 12.5 Å². The molecule has 28 heavy (non-hydrogen) atoms. The van der Waals surface area contributed by atoms with Crippen LogP contribution in [0, 0.1) is 13.8 Å². The number of thiazole rings is 1. The van der Waals surface area contributed by atoms with Crippen molar-refractivity contribution in [2.24, 2.45) is 7.05 Å². The number of carbonyl (C=O) groups is 2. The van der Waals surface area contributed by atoms with Crippen LogP contribution in [-0.2, 0) is 24.7 Å². The lowest BCUT2D eigenvalue weighted by Crippen LogP contribution is -2.30. The minimum atomic E-state index is -5.08. The predicted octanol–water partition coefficient (Wildman–Crippen LogP) is 2.45. The fourth-order valence-corrected chi connectivity index (χ4v) is 2.79. The van der Waals surface area contributed by atoms with Crippen molar-refractivity contribution >= 4 is 29.3 Å². The lowest BCUT2D eigenvalue weighted by Gasteiger charge is -2.03. The Morgan fingerprint density at radius 2 is 1.86 bits per heavy atom. The van der Waals surface area contributed by atoms with Gasteiger partial charge in [0.25, 0.3) is 0 Å². The number of rotatable bonds is 5. The third-order valence-electron chi connectivity index (χ3n) is 3.33. The molecule has 0 saturated carbocycles. The molecule has 0 radical (unpaired) electrons. The summed E-state index contributed by atoms with van der Waals surface area (Å²) in [6, 6.07) is -0.298. The molecule has 0 unspecified atom stereocenters. The molecule has 0 atom stereocenters. The molecule has 0 aliphatic carbocycles. The van der Waals surface area contributed by atoms with Gasteiger partial charge in [0.1, 0.15) is 5.82 Å². The molecule has 0 spiro atoms. The maximum atomic E-state index is 11.8. The molecule has 0 bridgehead atoms. The van der Waals surface area contributed by atoms with E-state index in [0.717, 1.165) is 29.4 Å². The van der Waals surface area contributed by atoms with E-state index in [1.165, 1.54) is 4.88 Å². The first-order valence-corrected chi connectivity index (χ1v) is 8.93. The van der Waals surface area contributed by atoms with Crippen LogP contribution in [-0.4, -0.2) is 49.6 Å². The Morgan fingerprint density at radius 1 is 1.25 bits per heavy atom. The molecule has 0 aromatic carbocycles. The summed E-state index contributed by atoms with van der Waals surface area (Å²) in [6.07, 6.45) is -3.59. The zero-order chi connectivity index (χ0) is 21.5. The monoisotopic (exact) mass is 422 g/mol. The van der Waals surface area contributed by atoms with Crippen molar-refractivity contribution in [3.05, 3.63) is 21.4 Å². The Balaban J connectivity index is 0.000000480. The molecule has 2 rings (SSSR count). The van der Waals surface area contributed by atoms with E-state index in [1.807, 2.05) is 20.9 Å². The van der Waals surface area contributed by atoms with Gasteiger partial charge in [-0.1, -0.05) is 6.92 Å². The number of nitrogens with zero attached hydrogens (tertiary/aromatic N) is 4. The highest BCUT2D eigenvalue weighted by atomic mass is 32.1. The van der Waals surface area contributed by atoms with Crippen LogP contribution in [0.3, 0.4) is 0 Å². The molecule has 156 valence electrons. The maximum Gasteiger partial charge on any atom is 0.490 e. The normalized spacial score (nSPS) is 10.8. The van der Waals surface area contributed by atoms with E-state index >= 15 is 0 Å². The number of urea groups is 1. The Labute approximate surface area is 163 Å². The fraction of sp³-hybridized carbons (Fsp3) is 0.533. The number of halogens is 3. The first kappa shape index (κ1) is 23.3. The number of hydrogen-bond donors (Lipinski definition) is 3. The topological polar surface area (TPSA) is 122 Å². The molecule has 3 N–H and O–H groups in total. The molecule has 2 aromatic rings. The van der Waals surface area contributed by atoms with Crippen molar-refractivity contribution in [1.82, 2.24) is 25.1 Å². The number of alkyl halides is 3. The molecule has 0 aliphatic rings. The van der Waals surface area contributed by atoms with Gasteiger partial charge in [-0.25, -0.2) is 14.6 Å². The van der Waals surface area contributed by atoms with E-state index in [4.69, 9.17) is 9.90 Å². The van der Waals surface area contributed by atoms with Gasteiger partial charge in [0.15, 0.2) is 0 Å². The third kappa shape index (κ3) is 7.50. The number of aryl methyl sites for hydroxylation is 4. The summed E-state index contributed by atoms with van der Waals surface area (Å²) in [5, 5.41) is 17.7.